The molecule has 9 heteroatoms. The molecule has 0 fully saturated rings. The minimum atomic E-state index is -3.75. The summed E-state index contributed by atoms with van der Waals surface area (Å²) in [6, 6.07) is 2.42. The van der Waals surface area contributed by atoms with Crippen molar-refractivity contribution < 1.29 is 23.0 Å². The van der Waals surface area contributed by atoms with Gasteiger partial charge in [0.15, 0.2) is 11.5 Å². The molecule has 1 heterocycles. The molecule has 25 heavy (non-hydrogen) atoms. The third kappa shape index (κ3) is 4.48. The average molecular weight is 372 g/mol. The molecule has 6 nitrogen and oxygen atoms in total. The number of hydrogen-bond donors (Lipinski definition) is 2. The van der Waals surface area contributed by atoms with Crippen LogP contribution < -0.4 is 20.5 Å². The van der Waals surface area contributed by atoms with Gasteiger partial charge in [0.1, 0.15) is 0 Å². The summed E-state index contributed by atoms with van der Waals surface area (Å²) in [7, 11) is 0. The summed E-state index contributed by atoms with van der Waals surface area (Å²) in [4.78, 5) is 15.7. The number of fused-ring (bicyclic) bond motifs is 1. The third-order valence-corrected chi connectivity index (χ3v) is 3.41. The number of rotatable bonds is 5. The fourth-order valence-corrected chi connectivity index (χ4v) is 2.10. The summed E-state index contributed by atoms with van der Waals surface area (Å²) in [5.41, 5.74) is 6.20. The summed E-state index contributed by atoms with van der Waals surface area (Å²) < 4.78 is 34.9. The summed E-state index contributed by atoms with van der Waals surface area (Å²) in [6.07, 6.45) is -1.35. The third-order valence-electron chi connectivity index (χ3n) is 3.09. The first-order chi connectivity index (χ1) is 11.6. The Bertz CT molecular complexity index is 776. The van der Waals surface area contributed by atoms with E-state index in [0.717, 1.165) is 6.20 Å². The number of nitrogens with one attached hydrogen (secondary N) is 1. The molecule has 0 unspecified atom stereocenters. The normalized spacial score (nSPS) is 15.7. The lowest BCUT2D eigenvalue weighted by molar-refractivity contribution is -0.286. The minimum absolute atomic E-state index is 0.0886. The van der Waals surface area contributed by atoms with Gasteiger partial charge in [0.05, 0.1) is 22.6 Å². The number of carbonyl (C=O) groups is 1. The molecule has 1 amide bonds. The van der Waals surface area contributed by atoms with Gasteiger partial charge in [-0.15, -0.1) is 8.78 Å². The molecule has 0 bridgehead atoms. The first-order valence-electron chi connectivity index (χ1n) is 7.18. The Morgan fingerprint density at radius 2 is 2.00 bits per heavy atom. The zero-order chi connectivity index (χ0) is 18.8. The first kappa shape index (κ1) is 18.7. The molecule has 2 rings (SSSR count). The summed E-state index contributed by atoms with van der Waals surface area (Å²) in [5, 5.41) is 2.64. The van der Waals surface area contributed by atoms with Gasteiger partial charge in [-0.05, 0) is 6.07 Å². The van der Waals surface area contributed by atoms with E-state index >= 15 is 0 Å². The lowest BCUT2D eigenvalue weighted by atomic mass is 10.1. The highest BCUT2D eigenvalue weighted by atomic mass is 35.5. The standard InChI is InChI=1S/C16H16ClF2N3O3/c1-8(2)15(23)22-9(3)7-21-12(6-20)10-4-13-14(5-11(10)17)25-16(18,19)24-13/h4-8H,3,20H2,1-2H3,(H,22,23)/b12-6-,21-7?. The number of nitrogens with zero attached hydrogens (tertiary/aromatic N) is 1. The van der Waals surface area contributed by atoms with Crippen molar-refractivity contribution in [3.05, 3.63) is 41.2 Å². The highest BCUT2D eigenvalue weighted by Gasteiger charge is 2.43. The van der Waals surface area contributed by atoms with Crippen LogP contribution in [0.3, 0.4) is 0 Å². The van der Waals surface area contributed by atoms with E-state index in [1.165, 1.54) is 18.3 Å². The number of halogens is 3. The number of allylic oxidation sites excluding steroid dienone is 1. The lowest BCUT2D eigenvalue weighted by Crippen LogP contribution is -2.27. The molecule has 1 aromatic rings. The van der Waals surface area contributed by atoms with E-state index in [1.807, 2.05) is 0 Å². The van der Waals surface area contributed by atoms with Crippen molar-refractivity contribution in [1.82, 2.24) is 5.32 Å². The van der Waals surface area contributed by atoms with Crippen molar-refractivity contribution in [2.45, 2.75) is 20.1 Å². The van der Waals surface area contributed by atoms with Gasteiger partial charge in [-0.3, -0.25) is 9.79 Å². The number of carbonyl (C=O) groups excluding carboxylic acids is 1. The van der Waals surface area contributed by atoms with Gasteiger partial charge in [0, 0.05) is 23.7 Å². The van der Waals surface area contributed by atoms with E-state index in [1.54, 1.807) is 13.8 Å². The molecule has 1 aliphatic rings. The maximum atomic E-state index is 13.1. The number of amides is 1. The Morgan fingerprint density at radius 1 is 1.40 bits per heavy atom. The second kappa shape index (κ2) is 7.10. The van der Waals surface area contributed by atoms with Crippen LogP contribution in [0, 0.1) is 5.92 Å². The topological polar surface area (TPSA) is 85.9 Å². The number of ether oxygens (including phenoxy) is 2. The molecule has 0 atom stereocenters. The Hall–Kier alpha value is -2.61. The van der Waals surface area contributed by atoms with E-state index in [2.05, 4.69) is 26.4 Å². The van der Waals surface area contributed by atoms with E-state index in [9.17, 15) is 13.6 Å². The zero-order valence-corrected chi connectivity index (χ0v) is 14.2. The molecule has 134 valence electrons. The van der Waals surface area contributed by atoms with E-state index in [0.29, 0.717) is 0 Å². The van der Waals surface area contributed by atoms with Gasteiger partial charge in [-0.25, -0.2) is 0 Å². The monoisotopic (exact) mass is 371 g/mol. The van der Waals surface area contributed by atoms with Gasteiger partial charge < -0.3 is 20.5 Å². The fraction of sp³-hybridized carbons (Fsp3) is 0.250. The summed E-state index contributed by atoms with van der Waals surface area (Å²) >= 11 is 6.07. The van der Waals surface area contributed by atoms with Crippen LogP contribution in [-0.2, 0) is 4.79 Å². The van der Waals surface area contributed by atoms with Crippen molar-refractivity contribution in [3.8, 4) is 11.5 Å². The SMILES string of the molecule is C=C(C=N/C(=C\N)c1cc2c(cc1Cl)OC(F)(F)O2)NC(=O)C(C)C. The first-order valence-corrected chi connectivity index (χ1v) is 7.56. The predicted molar refractivity (Wildman–Crippen MR) is 90.4 cm³/mol. The smallest absolute Gasteiger partial charge is 0.403 e. The molecular weight excluding hydrogens is 356 g/mol. The van der Waals surface area contributed by atoms with Crippen LogP contribution >= 0.6 is 11.6 Å². The van der Waals surface area contributed by atoms with E-state index in [4.69, 9.17) is 17.3 Å². The molecule has 0 saturated carbocycles. The highest BCUT2D eigenvalue weighted by molar-refractivity contribution is 6.32. The van der Waals surface area contributed by atoms with Crippen LogP contribution in [0.1, 0.15) is 19.4 Å². The maximum absolute atomic E-state index is 13.1. The zero-order valence-electron chi connectivity index (χ0n) is 13.5. The van der Waals surface area contributed by atoms with Crippen LogP contribution in [0.15, 0.2) is 35.6 Å². The van der Waals surface area contributed by atoms with Crippen LogP contribution in [0.4, 0.5) is 8.78 Å². The molecule has 1 aromatic carbocycles. The number of benzene rings is 1. The fourth-order valence-electron chi connectivity index (χ4n) is 1.85. The Balaban J connectivity index is 2.21. The largest absolute Gasteiger partial charge is 0.586 e. The summed E-state index contributed by atoms with van der Waals surface area (Å²) in [5.74, 6) is -0.823. The molecule has 0 spiro atoms. The molecule has 0 saturated heterocycles. The van der Waals surface area contributed by atoms with Gasteiger partial charge in [-0.2, -0.15) is 0 Å². The number of hydrogen-bond acceptors (Lipinski definition) is 5. The lowest BCUT2D eigenvalue weighted by Gasteiger charge is -2.08. The number of alkyl halides is 2. The van der Waals surface area contributed by atoms with Crippen LogP contribution in [0.5, 0.6) is 11.5 Å². The Labute approximate surface area is 148 Å². The molecule has 3 N–H and O–H groups in total. The van der Waals surface area contributed by atoms with Gasteiger partial charge >= 0.3 is 6.29 Å². The maximum Gasteiger partial charge on any atom is 0.586 e. The molecule has 0 aromatic heterocycles. The highest BCUT2D eigenvalue weighted by Crippen LogP contribution is 2.44. The van der Waals surface area contributed by atoms with E-state index in [-0.39, 0.29) is 45.3 Å². The van der Waals surface area contributed by atoms with Crippen molar-refractivity contribution in [2.75, 3.05) is 0 Å². The second-order valence-electron chi connectivity index (χ2n) is 5.43. The number of nitrogens with two attached hydrogens (primary N) is 1. The van der Waals surface area contributed by atoms with Crippen molar-refractivity contribution in [2.24, 2.45) is 16.6 Å². The van der Waals surface area contributed by atoms with Crippen LogP contribution in [0.25, 0.3) is 5.70 Å². The molecule has 0 radical (unpaired) electrons. The molecule has 1 aliphatic heterocycles. The Kier molecular flexibility index (Phi) is 5.32. The van der Waals surface area contributed by atoms with Gasteiger partial charge in [0.25, 0.3) is 0 Å². The Morgan fingerprint density at radius 3 is 2.56 bits per heavy atom. The van der Waals surface area contributed by atoms with Crippen molar-refractivity contribution in [1.29, 1.82) is 0 Å². The van der Waals surface area contributed by atoms with Crippen molar-refractivity contribution in [3.63, 3.8) is 0 Å². The van der Waals surface area contributed by atoms with Crippen LogP contribution in [-0.4, -0.2) is 18.4 Å². The molecule has 0 aliphatic carbocycles. The van der Waals surface area contributed by atoms with Gasteiger partial charge in [-0.1, -0.05) is 32.0 Å². The van der Waals surface area contributed by atoms with Gasteiger partial charge in [0.2, 0.25) is 5.91 Å². The quantitative estimate of drug-likeness (QED) is 0.778. The second-order valence-corrected chi connectivity index (χ2v) is 5.83. The van der Waals surface area contributed by atoms with E-state index < -0.39 is 6.29 Å². The number of aliphatic imine (C=N–C) groups is 1. The average Bonchev–Trinajstić information content (AvgIpc) is 2.80. The van der Waals surface area contributed by atoms with Crippen molar-refractivity contribution >= 4 is 29.4 Å². The van der Waals surface area contributed by atoms with Crippen LogP contribution in [0.2, 0.25) is 5.02 Å². The summed E-state index contributed by atoms with van der Waals surface area (Å²) in [6.45, 7) is 7.11. The predicted octanol–water partition coefficient (Wildman–Crippen LogP) is 3.28. The molecular formula is C16H16ClF2N3O3. The minimum Gasteiger partial charge on any atom is -0.403 e.